The van der Waals surface area contributed by atoms with Gasteiger partial charge in [-0.1, -0.05) is 6.07 Å². The Morgan fingerprint density at radius 3 is 2.54 bits per heavy atom. The van der Waals surface area contributed by atoms with E-state index in [1.807, 2.05) is 45.0 Å². The van der Waals surface area contributed by atoms with Crippen LogP contribution in [0.3, 0.4) is 0 Å². The highest BCUT2D eigenvalue weighted by Crippen LogP contribution is 2.28. The quantitative estimate of drug-likeness (QED) is 0.401. The number of aryl methyl sites for hydroxylation is 2. The maximum Gasteiger partial charge on any atom is 0.229 e. The summed E-state index contributed by atoms with van der Waals surface area (Å²) in [5, 5.41) is 3.99. The first-order chi connectivity index (χ1) is 16.7. The molecule has 0 bridgehead atoms. The van der Waals surface area contributed by atoms with Gasteiger partial charge in [0.2, 0.25) is 5.95 Å². The second-order valence-electron chi connectivity index (χ2n) is 9.76. The van der Waals surface area contributed by atoms with Gasteiger partial charge < -0.3 is 14.6 Å². The van der Waals surface area contributed by atoms with Crippen LogP contribution in [0.4, 0.5) is 20.4 Å². The van der Waals surface area contributed by atoms with Crippen molar-refractivity contribution in [1.82, 2.24) is 19.4 Å². The molecule has 6 nitrogen and oxygen atoms in total. The number of fused-ring (bicyclic) bond motifs is 1. The molecule has 5 rings (SSSR count). The van der Waals surface area contributed by atoms with Gasteiger partial charge >= 0.3 is 0 Å². The summed E-state index contributed by atoms with van der Waals surface area (Å²) in [6.07, 6.45) is 3.45. The zero-order valence-electron chi connectivity index (χ0n) is 20.4. The zero-order chi connectivity index (χ0) is 24.7. The molecule has 0 unspecified atom stereocenters. The molecular weight excluding hydrogens is 448 g/mol. The van der Waals surface area contributed by atoms with Crippen LogP contribution in [-0.2, 0) is 11.3 Å². The number of ether oxygens (including phenoxy) is 1. The predicted molar refractivity (Wildman–Crippen MR) is 133 cm³/mol. The molecule has 3 heterocycles. The van der Waals surface area contributed by atoms with E-state index in [2.05, 4.69) is 27.1 Å². The second kappa shape index (κ2) is 9.02. The summed E-state index contributed by atoms with van der Waals surface area (Å²) in [5.41, 5.74) is 3.94. The highest BCUT2D eigenvalue weighted by atomic mass is 19.1. The van der Waals surface area contributed by atoms with Crippen molar-refractivity contribution in [2.24, 2.45) is 0 Å². The molecule has 182 valence electrons. The summed E-state index contributed by atoms with van der Waals surface area (Å²) < 4.78 is 37.6. The van der Waals surface area contributed by atoms with Crippen molar-refractivity contribution in [1.29, 1.82) is 0 Å². The molecule has 2 aromatic carbocycles. The number of benzene rings is 2. The molecule has 1 fully saturated rings. The number of aromatic nitrogens is 3. The third-order valence-electron chi connectivity index (χ3n) is 6.76. The summed E-state index contributed by atoms with van der Waals surface area (Å²) in [6.45, 7) is 10.0. The second-order valence-corrected chi connectivity index (χ2v) is 9.76. The topological polar surface area (TPSA) is 55.2 Å². The standard InChI is InChI=1S/C27H29F2N5O/c1-17-5-6-20(11-18(17)2)31-26-30-14-19-7-8-34(25(19)32-26)21-12-23(28)22(24(29)13-21)15-33-9-10-35-16-27(33,3)4/h5-8,11-14H,9-10,15-16H2,1-4H3,(H,30,31,32). The van der Waals surface area contributed by atoms with Gasteiger partial charge in [0, 0.05) is 47.7 Å². The Kier molecular flexibility index (Phi) is 6.02. The molecule has 1 saturated heterocycles. The molecule has 8 heteroatoms. The van der Waals surface area contributed by atoms with Gasteiger partial charge in [0.1, 0.15) is 17.3 Å². The number of nitrogens with zero attached hydrogens (tertiary/aromatic N) is 4. The number of hydrogen-bond donors (Lipinski definition) is 1. The highest BCUT2D eigenvalue weighted by Gasteiger charge is 2.31. The summed E-state index contributed by atoms with van der Waals surface area (Å²) >= 11 is 0. The first kappa shape index (κ1) is 23.4. The van der Waals surface area contributed by atoms with E-state index in [1.54, 1.807) is 17.0 Å². The first-order valence-corrected chi connectivity index (χ1v) is 11.7. The SMILES string of the molecule is Cc1ccc(Nc2ncc3ccn(-c4cc(F)c(CN5CCOCC5(C)C)c(F)c4)c3n2)cc1C. The maximum absolute atomic E-state index is 15.2. The molecule has 35 heavy (non-hydrogen) atoms. The summed E-state index contributed by atoms with van der Waals surface area (Å²) in [6, 6.07) is 10.6. The Bertz CT molecular complexity index is 1370. The third-order valence-corrected chi connectivity index (χ3v) is 6.76. The molecule has 0 amide bonds. The van der Waals surface area contributed by atoms with Gasteiger partial charge in [-0.05, 0) is 69.2 Å². The van der Waals surface area contributed by atoms with Crippen LogP contribution in [0.2, 0.25) is 0 Å². The van der Waals surface area contributed by atoms with Crippen LogP contribution in [0.25, 0.3) is 16.7 Å². The van der Waals surface area contributed by atoms with Crippen LogP contribution in [0.5, 0.6) is 0 Å². The largest absolute Gasteiger partial charge is 0.378 e. The van der Waals surface area contributed by atoms with Crippen molar-refractivity contribution in [3.63, 3.8) is 0 Å². The fourth-order valence-corrected chi connectivity index (χ4v) is 4.39. The normalized spacial score (nSPS) is 16.1. The van der Waals surface area contributed by atoms with Crippen LogP contribution >= 0.6 is 0 Å². The van der Waals surface area contributed by atoms with Crippen molar-refractivity contribution in [3.05, 3.63) is 77.1 Å². The summed E-state index contributed by atoms with van der Waals surface area (Å²) in [4.78, 5) is 11.1. The fourth-order valence-electron chi connectivity index (χ4n) is 4.39. The van der Waals surface area contributed by atoms with Crippen molar-refractivity contribution in [2.45, 2.75) is 39.8 Å². The molecule has 1 aliphatic heterocycles. The Hall–Kier alpha value is -3.36. The van der Waals surface area contributed by atoms with Crippen LogP contribution in [0, 0.1) is 25.5 Å². The summed E-state index contributed by atoms with van der Waals surface area (Å²) in [7, 11) is 0. The minimum atomic E-state index is -0.577. The van der Waals surface area contributed by atoms with Gasteiger partial charge in [-0.3, -0.25) is 4.90 Å². The van der Waals surface area contributed by atoms with Gasteiger partial charge in [0.15, 0.2) is 0 Å². The lowest BCUT2D eigenvalue weighted by Gasteiger charge is -2.42. The molecule has 1 aliphatic rings. The molecule has 0 spiro atoms. The molecule has 0 saturated carbocycles. The molecular formula is C27H29F2N5O. The molecule has 0 atom stereocenters. The Balaban J connectivity index is 1.45. The van der Waals surface area contributed by atoms with E-state index in [4.69, 9.17) is 4.74 Å². The average Bonchev–Trinajstić information content (AvgIpc) is 3.23. The van der Waals surface area contributed by atoms with Crippen molar-refractivity contribution >= 4 is 22.7 Å². The lowest BCUT2D eigenvalue weighted by atomic mass is 10.0. The third kappa shape index (κ3) is 4.63. The van der Waals surface area contributed by atoms with Gasteiger partial charge in [-0.2, -0.15) is 4.98 Å². The van der Waals surface area contributed by atoms with Crippen molar-refractivity contribution in [2.75, 3.05) is 25.1 Å². The van der Waals surface area contributed by atoms with Crippen LogP contribution in [0.1, 0.15) is 30.5 Å². The van der Waals surface area contributed by atoms with Gasteiger partial charge in [-0.25, -0.2) is 13.8 Å². The number of morpholine rings is 1. The van der Waals surface area contributed by atoms with E-state index in [0.717, 1.165) is 16.6 Å². The van der Waals surface area contributed by atoms with E-state index in [0.29, 0.717) is 37.0 Å². The number of nitrogens with one attached hydrogen (secondary N) is 1. The van der Waals surface area contributed by atoms with E-state index >= 15 is 8.78 Å². The average molecular weight is 478 g/mol. The van der Waals surface area contributed by atoms with Crippen LogP contribution in [0.15, 0.2) is 48.8 Å². The summed E-state index contributed by atoms with van der Waals surface area (Å²) in [5.74, 6) is -0.744. The van der Waals surface area contributed by atoms with E-state index in [9.17, 15) is 0 Å². The molecule has 0 aliphatic carbocycles. The minimum Gasteiger partial charge on any atom is -0.378 e. The molecule has 1 N–H and O–H groups in total. The van der Waals surface area contributed by atoms with Crippen molar-refractivity contribution in [3.8, 4) is 5.69 Å². The van der Waals surface area contributed by atoms with E-state index in [-0.39, 0.29) is 17.6 Å². The lowest BCUT2D eigenvalue weighted by molar-refractivity contribution is -0.0560. The molecule has 4 aromatic rings. The monoisotopic (exact) mass is 477 g/mol. The number of hydrogen-bond acceptors (Lipinski definition) is 5. The number of anilines is 2. The lowest BCUT2D eigenvalue weighted by Crippen LogP contribution is -2.52. The molecule has 2 aromatic heterocycles. The maximum atomic E-state index is 15.2. The van der Waals surface area contributed by atoms with Gasteiger partial charge in [-0.15, -0.1) is 0 Å². The Morgan fingerprint density at radius 2 is 1.83 bits per heavy atom. The number of halogens is 2. The van der Waals surface area contributed by atoms with Crippen molar-refractivity contribution < 1.29 is 13.5 Å². The smallest absolute Gasteiger partial charge is 0.229 e. The van der Waals surface area contributed by atoms with Gasteiger partial charge in [0.05, 0.1) is 18.9 Å². The van der Waals surface area contributed by atoms with Crippen LogP contribution in [-0.4, -0.2) is 44.7 Å². The highest BCUT2D eigenvalue weighted by molar-refractivity contribution is 5.79. The Morgan fingerprint density at radius 1 is 1.06 bits per heavy atom. The van der Waals surface area contributed by atoms with E-state index in [1.165, 1.54) is 17.7 Å². The fraction of sp³-hybridized carbons (Fsp3) is 0.333. The number of rotatable bonds is 5. The van der Waals surface area contributed by atoms with Crippen LogP contribution < -0.4 is 5.32 Å². The van der Waals surface area contributed by atoms with E-state index < -0.39 is 11.6 Å². The minimum absolute atomic E-state index is 0.0620. The molecule has 0 radical (unpaired) electrons. The zero-order valence-corrected chi connectivity index (χ0v) is 20.4. The van der Waals surface area contributed by atoms with Gasteiger partial charge in [0.25, 0.3) is 0 Å². The predicted octanol–water partition coefficient (Wildman–Crippen LogP) is 5.67. The Labute approximate surface area is 203 Å². The first-order valence-electron chi connectivity index (χ1n) is 11.7.